The predicted molar refractivity (Wildman–Crippen MR) is 184 cm³/mol. The molecule has 0 atom stereocenters. The van der Waals surface area contributed by atoms with Crippen LogP contribution in [0.5, 0.6) is 0 Å². The van der Waals surface area contributed by atoms with Gasteiger partial charge in [-0.2, -0.15) is 0 Å². The van der Waals surface area contributed by atoms with Crippen molar-refractivity contribution in [1.82, 2.24) is 9.55 Å². The minimum atomic E-state index is 0.869. The summed E-state index contributed by atoms with van der Waals surface area (Å²) >= 11 is 0. The topological polar surface area (TPSA) is 31.0 Å². The van der Waals surface area contributed by atoms with Gasteiger partial charge < -0.3 is 4.42 Å². The normalized spacial score (nSPS) is 11.8. The molecule has 0 aliphatic heterocycles. The number of para-hydroxylation sites is 3. The van der Waals surface area contributed by atoms with Crippen molar-refractivity contribution in [3.05, 3.63) is 145 Å². The van der Waals surface area contributed by atoms with E-state index in [9.17, 15) is 0 Å². The van der Waals surface area contributed by atoms with E-state index in [1.165, 1.54) is 43.8 Å². The molecule has 208 valence electrons. The van der Waals surface area contributed by atoms with Crippen LogP contribution in [-0.2, 0) is 6.42 Å². The molecule has 0 bridgehead atoms. The van der Waals surface area contributed by atoms with Gasteiger partial charge in [-0.15, -0.1) is 0 Å². The Bertz CT molecular complexity index is 2480. The highest BCUT2D eigenvalue weighted by Crippen LogP contribution is 2.44. The molecule has 9 aromatic rings. The Morgan fingerprint density at radius 3 is 1.75 bits per heavy atom. The summed E-state index contributed by atoms with van der Waals surface area (Å²) in [6, 6.07) is 49.9. The molecule has 2 aromatic heterocycles. The van der Waals surface area contributed by atoms with Crippen molar-refractivity contribution in [2.45, 2.75) is 13.3 Å². The number of aryl methyl sites for hydroxylation is 1. The molecular formula is C41H28N2O. The lowest BCUT2D eigenvalue weighted by Gasteiger charge is -2.18. The Labute approximate surface area is 254 Å². The molecular weight excluding hydrogens is 536 g/mol. The van der Waals surface area contributed by atoms with Gasteiger partial charge in [-0.1, -0.05) is 104 Å². The largest absolute Gasteiger partial charge is 0.456 e. The number of hydrogen-bond acceptors (Lipinski definition) is 2. The number of imidazole rings is 1. The van der Waals surface area contributed by atoms with Gasteiger partial charge in [0.2, 0.25) is 0 Å². The molecule has 0 saturated heterocycles. The lowest BCUT2D eigenvalue weighted by Crippen LogP contribution is -2.00. The molecule has 0 radical (unpaired) electrons. The monoisotopic (exact) mass is 564 g/mol. The van der Waals surface area contributed by atoms with Crippen LogP contribution in [0, 0.1) is 0 Å². The molecule has 0 amide bonds. The van der Waals surface area contributed by atoms with Crippen molar-refractivity contribution in [3.8, 4) is 27.9 Å². The van der Waals surface area contributed by atoms with E-state index in [-0.39, 0.29) is 0 Å². The second-order valence-electron chi connectivity index (χ2n) is 11.4. The quantitative estimate of drug-likeness (QED) is 0.199. The van der Waals surface area contributed by atoms with Gasteiger partial charge in [0.1, 0.15) is 17.0 Å². The summed E-state index contributed by atoms with van der Waals surface area (Å²) < 4.78 is 8.45. The molecule has 0 N–H and O–H groups in total. The first kappa shape index (κ1) is 24.9. The Kier molecular flexibility index (Phi) is 5.48. The highest BCUT2D eigenvalue weighted by atomic mass is 16.3. The standard InChI is InChI=1S/C41H28N2O/c1-2-39-42-35-16-8-9-17-36(35)43(39)28-22-19-26(20-23-28)40-30-12-3-5-14-32(30)41(33-15-6-4-13-31(33)40)27-21-24-38-34(25-27)29-11-7-10-18-37(29)44-38/h3-25H,2H2,1H3. The van der Waals surface area contributed by atoms with Crippen LogP contribution in [0.25, 0.3) is 82.5 Å². The number of aromatic nitrogens is 2. The molecule has 2 heterocycles. The maximum Gasteiger partial charge on any atom is 0.135 e. The van der Waals surface area contributed by atoms with Gasteiger partial charge in [0, 0.05) is 22.9 Å². The molecule has 0 unspecified atom stereocenters. The summed E-state index contributed by atoms with van der Waals surface area (Å²) in [6.07, 6.45) is 0.869. The van der Waals surface area contributed by atoms with Gasteiger partial charge in [-0.25, -0.2) is 4.98 Å². The molecule has 0 aliphatic rings. The summed E-state index contributed by atoms with van der Waals surface area (Å²) in [4.78, 5) is 4.90. The lowest BCUT2D eigenvalue weighted by atomic mass is 9.85. The van der Waals surface area contributed by atoms with Crippen molar-refractivity contribution >= 4 is 54.5 Å². The third-order valence-corrected chi connectivity index (χ3v) is 8.96. The fraction of sp³-hybridized carbons (Fsp3) is 0.0488. The van der Waals surface area contributed by atoms with E-state index in [1.54, 1.807) is 0 Å². The SMILES string of the molecule is CCc1nc2ccccc2n1-c1ccc(-c2c3ccccc3c(-c3ccc4oc5ccccc5c4c3)c3ccccc23)cc1. The summed E-state index contributed by atoms with van der Waals surface area (Å²) in [6.45, 7) is 2.17. The smallest absolute Gasteiger partial charge is 0.135 e. The van der Waals surface area contributed by atoms with Gasteiger partial charge in [0.25, 0.3) is 0 Å². The van der Waals surface area contributed by atoms with Gasteiger partial charge >= 0.3 is 0 Å². The third-order valence-electron chi connectivity index (χ3n) is 8.96. The number of hydrogen-bond donors (Lipinski definition) is 0. The van der Waals surface area contributed by atoms with E-state index in [1.807, 2.05) is 12.1 Å². The summed E-state index contributed by atoms with van der Waals surface area (Å²) in [5.74, 6) is 1.07. The van der Waals surface area contributed by atoms with Crippen LogP contribution >= 0.6 is 0 Å². The summed E-state index contributed by atoms with van der Waals surface area (Å²) in [7, 11) is 0. The fourth-order valence-electron chi connectivity index (χ4n) is 7.01. The highest BCUT2D eigenvalue weighted by molar-refractivity contribution is 6.22. The van der Waals surface area contributed by atoms with Crippen LogP contribution in [-0.4, -0.2) is 9.55 Å². The predicted octanol–water partition coefficient (Wildman–Crippen LogP) is 11.1. The Balaban J connectivity index is 1.27. The minimum Gasteiger partial charge on any atom is -0.456 e. The molecule has 0 spiro atoms. The molecule has 44 heavy (non-hydrogen) atoms. The number of fused-ring (bicyclic) bond motifs is 6. The lowest BCUT2D eigenvalue weighted by molar-refractivity contribution is 0.669. The van der Waals surface area contributed by atoms with E-state index >= 15 is 0 Å². The second-order valence-corrected chi connectivity index (χ2v) is 11.4. The first-order valence-electron chi connectivity index (χ1n) is 15.2. The Hall–Kier alpha value is -5.67. The number of benzene rings is 7. The molecule has 0 saturated carbocycles. The van der Waals surface area contributed by atoms with E-state index in [4.69, 9.17) is 9.40 Å². The zero-order valence-electron chi connectivity index (χ0n) is 24.3. The summed E-state index contributed by atoms with van der Waals surface area (Å²) in [5.41, 5.74) is 10.0. The van der Waals surface area contributed by atoms with Crippen LogP contribution in [0.1, 0.15) is 12.7 Å². The zero-order chi connectivity index (χ0) is 29.2. The first-order chi connectivity index (χ1) is 21.8. The summed E-state index contributed by atoms with van der Waals surface area (Å²) in [5, 5.41) is 7.26. The average molecular weight is 565 g/mol. The first-order valence-corrected chi connectivity index (χ1v) is 15.2. The molecule has 9 rings (SSSR count). The van der Waals surface area contributed by atoms with E-state index in [2.05, 4.69) is 139 Å². The third kappa shape index (κ3) is 3.66. The van der Waals surface area contributed by atoms with Crippen molar-refractivity contribution in [2.24, 2.45) is 0 Å². The average Bonchev–Trinajstić information content (AvgIpc) is 3.65. The van der Waals surface area contributed by atoms with Gasteiger partial charge in [0.05, 0.1) is 11.0 Å². The Morgan fingerprint density at radius 1 is 0.523 bits per heavy atom. The van der Waals surface area contributed by atoms with Crippen molar-refractivity contribution in [2.75, 3.05) is 0 Å². The Morgan fingerprint density at radius 2 is 1.07 bits per heavy atom. The molecule has 3 heteroatoms. The van der Waals surface area contributed by atoms with Gasteiger partial charge in [0.15, 0.2) is 0 Å². The number of furan rings is 1. The van der Waals surface area contributed by atoms with E-state index in [0.29, 0.717) is 0 Å². The van der Waals surface area contributed by atoms with Crippen LogP contribution in [0.15, 0.2) is 144 Å². The van der Waals surface area contributed by atoms with Crippen molar-refractivity contribution < 1.29 is 4.42 Å². The van der Waals surface area contributed by atoms with Crippen molar-refractivity contribution in [1.29, 1.82) is 0 Å². The second kappa shape index (κ2) is 9.68. The zero-order valence-corrected chi connectivity index (χ0v) is 24.3. The molecule has 0 fully saturated rings. The number of nitrogens with zero attached hydrogens (tertiary/aromatic N) is 2. The van der Waals surface area contributed by atoms with Gasteiger partial charge in [-0.05, 0) is 86.3 Å². The molecule has 3 nitrogen and oxygen atoms in total. The van der Waals surface area contributed by atoms with Crippen LogP contribution in [0.3, 0.4) is 0 Å². The molecule has 7 aromatic carbocycles. The maximum atomic E-state index is 6.16. The van der Waals surface area contributed by atoms with E-state index in [0.717, 1.165) is 50.9 Å². The highest BCUT2D eigenvalue weighted by Gasteiger charge is 2.18. The van der Waals surface area contributed by atoms with Crippen LogP contribution < -0.4 is 0 Å². The minimum absolute atomic E-state index is 0.869. The number of rotatable bonds is 4. The van der Waals surface area contributed by atoms with Gasteiger partial charge in [-0.3, -0.25) is 4.57 Å². The van der Waals surface area contributed by atoms with Crippen LogP contribution in [0.4, 0.5) is 0 Å². The maximum absolute atomic E-state index is 6.16. The molecule has 0 aliphatic carbocycles. The van der Waals surface area contributed by atoms with Crippen LogP contribution in [0.2, 0.25) is 0 Å². The van der Waals surface area contributed by atoms with Crippen molar-refractivity contribution in [3.63, 3.8) is 0 Å². The fourth-order valence-corrected chi connectivity index (χ4v) is 7.01. The van der Waals surface area contributed by atoms with E-state index < -0.39 is 0 Å².